The number of aryl methyl sites for hydroxylation is 1. The molecule has 3 aromatic rings. The van der Waals surface area contributed by atoms with Crippen LogP contribution in [0.3, 0.4) is 0 Å². The van der Waals surface area contributed by atoms with Crippen LogP contribution in [0.2, 0.25) is 0 Å². The van der Waals surface area contributed by atoms with Gasteiger partial charge >= 0.3 is 0 Å². The number of ether oxygens (including phenoxy) is 1. The highest BCUT2D eigenvalue weighted by Gasteiger charge is 2.19. The molecule has 0 saturated heterocycles. The third kappa shape index (κ3) is 4.91. The van der Waals surface area contributed by atoms with Gasteiger partial charge in [-0.15, -0.1) is 0 Å². The van der Waals surface area contributed by atoms with E-state index >= 15 is 0 Å². The van der Waals surface area contributed by atoms with E-state index < -0.39 is 0 Å². The summed E-state index contributed by atoms with van der Waals surface area (Å²) in [7, 11) is 0. The first-order chi connectivity index (χ1) is 12.8. The summed E-state index contributed by atoms with van der Waals surface area (Å²) in [5.41, 5.74) is 3.12. The lowest BCUT2D eigenvalue weighted by atomic mass is 9.85. The molecule has 0 atom stereocenters. The van der Waals surface area contributed by atoms with Crippen molar-refractivity contribution in [1.29, 1.82) is 0 Å². The number of carbonyl (C=O) groups is 1. The molecule has 0 aliphatic heterocycles. The second-order valence-electron chi connectivity index (χ2n) is 7.89. The number of amides is 1. The van der Waals surface area contributed by atoms with Crippen molar-refractivity contribution in [2.24, 2.45) is 0 Å². The number of furan rings is 1. The summed E-state index contributed by atoms with van der Waals surface area (Å²) in [5, 5.41) is 3.97. The monoisotopic (exact) mass is 365 g/mol. The average Bonchev–Trinajstić information content (AvgIpc) is 3.02. The molecule has 142 valence electrons. The van der Waals surface area contributed by atoms with Crippen molar-refractivity contribution in [3.8, 4) is 5.75 Å². The Morgan fingerprint density at radius 2 is 1.89 bits per heavy atom. The fraction of sp³-hybridized carbons (Fsp3) is 0.348. The van der Waals surface area contributed by atoms with E-state index in [9.17, 15) is 4.79 Å². The van der Waals surface area contributed by atoms with Crippen LogP contribution in [-0.4, -0.2) is 19.1 Å². The molecule has 0 fully saturated rings. The Kier molecular flexibility index (Phi) is 5.54. The van der Waals surface area contributed by atoms with E-state index in [-0.39, 0.29) is 17.9 Å². The smallest absolute Gasteiger partial charge is 0.257 e. The van der Waals surface area contributed by atoms with Crippen LogP contribution in [0.25, 0.3) is 11.0 Å². The molecule has 0 unspecified atom stereocenters. The van der Waals surface area contributed by atoms with Crippen molar-refractivity contribution in [2.75, 3.05) is 13.2 Å². The van der Waals surface area contributed by atoms with Crippen LogP contribution in [0.1, 0.15) is 37.7 Å². The van der Waals surface area contributed by atoms with Gasteiger partial charge in [0.2, 0.25) is 0 Å². The number of hydrogen-bond donors (Lipinski definition) is 1. The number of hydrogen-bond acceptors (Lipinski definition) is 3. The minimum atomic E-state index is -0.133. The molecule has 0 bridgehead atoms. The van der Waals surface area contributed by atoms with Gasteiger partial charge in [0.05, 0.1) is 0 Å². The lowest BCUT2D eigenvalue weighted by Crippen LogP contribution is -2.31. The maximum Gasteiger partial charge on any atom is 0.257 e. The van der Waals surface area contributed by atoms with Crippen molar-refractivity contribution in [2.45, 2.75) is 39.5 Å². The molecule has 0 aliphatic rings. The molecule has 3 rings (SSSR count). The minimum absolute atomic E-state index is 0.00622. The van der Waals surface area contributed by atoms with Crippen LogP contribution in [0.4, 0.5) is 0 Å². The van der Waals surface area contributed by atoms with E-state index in [4.69, 9.17) is 9.15 Å². The molecule has 1 N–H and O–H groups in total. The summed E-state index contributed by atoms with van der Waals surface area (Å²) in [6.07, 6.45) is 0.651. The third-order valence-electron chi connectivity index (χ3n) is 4.47. The van der Waals surface area contributed by atoms with Crippen LogP contribution in [0.15, 0.2) is 52.9 Å². The predicted octanol–water partition coefficient (Wildman–Crippen LogP) is 4.78. The summed E-state index contributed by atoms with van der Waals surface area (Å²) in [6, 6.07) is 16.0. The van der Waals surface area contributed by atoms with Crippen LogP contribution >= 0.6 is 0 Å². The summed E-state index contributed by atoms with van der Waals surface area (Å²) in [4.78, 5) is 12.1. The topological polar surface area (TPSA) is 51.5 Å². The molecule has 0 radical (unpaired) electrons. The van der Waals surface area contributed by atoms with Gasteiger partial charge in [0, 0.05) is 18.4 Å². The van der Waals surface area contributed by atoms with Gasteiger partial charge in [0.15, 0.2) is 6.61 Å². The molecule has 0 spiro atoms. The molecule has 0 aliphatic carbocycles. The molecule has 1 heterocycles. The van der Waals surface area contributed by atoms with Crippen molar-refractivity contribution >= 4 is 16.9 Å². The molecule has 4 nitrogen and oxygen atoms in total. The summed E-state index contributed by atoms with van der Waals surface area (Å²) in [5.74, 6) is 1.50. The van der Waals surface area contributed by atoms with Gasteiger partial charge in [-0.3, -0.25) is 4.79 Å². The Morgan fingerprint density at radius 1 is 1.11 bits per heavy atom. The van der Waals surface area contributed by atoms with E-state index in [2.05, 4.69) is 39.1 Å². The first-order valence-electron chi connectivity index (χ1n) is 9.31. The zero-order chi connectivity index (χ0) is 19.4. The molecule has 1 aromatic heterocycles. The fourth-order valence-electron chi connectivity index (χ4n) is 3.04. The largest absolute Gasteiger partial charge is 0.483 e. The molecule has 2 aromatic carbocycles. The van der Waals surface area contributed by atoms with Gasteiger partial charge in [0.25, 0.3) is 5.91 Å². The van der Waals surface area contributed by atoms with Crippen LogP contribution in [0, 0.1) is 6.92 Å². The van der Waals surface area contributed by atoms with Crippen LogP contribution in [0.5, 0.6) is 5.75 Å². The van der Waals surface area contributed by atoms with E-state index in [1.54, 1.807) is 0 Å². The number of rotatable bonds is 6. The molecule has 0 saturated carbocycles. The highest BCUT2D eigenvalue weighted by atomic mass is 16.5. The Balaban J connectivity index is 1.51. The van der Waals surface area contributed by atoms with Gasteiger partial charge < -0.3 is 14.5 Å². The van der Waals surface area contributed by atoms with Gasteiger partial charge in [-0.25, -0.2) is 0 Å². The highest BCUT2D eigenvalue weighted by molar-refractivity contribution is 5.78. The average molecular weight is 365 g/mol. The van der Waals surface area contributed by atoms with E-state index in [1.165, 1.54) is 5.56 Å². The van der Waals surface area contributed by atoms with Crippen LogP contribution < -0.4 is 10.1 Å². The number of nitrogens with one attached hydrogen (secondary N) is 1. The lowest BCUT2D eigenvalue weighted by Gasteiger charge is -2.23. The lowest BCUT2D eigenvalue weighted by molar-refractivity contribution is -0.123. The predicted molar refractivity (Wildman–Crippen MR) is 108 cm³/mol. The standard InChI is InChI=1S/C23H27NO3/c1-16-9-10-21(19(13-16)23(2,3)4)26-15-22(25)24-12-11-18-14-17-7-5-6-8-20(17)27-18/h5-10,13-14H,11-12,15H2,1-4H3,(H,24,25). The summed E-state index contributed by atoms with van der Waals surface area (Å²) >= 11 is 0. The van der Waals surface area contributed by atoms with Crippen molar-refractivity contribution < 1.29 is 13.9 Å². The number of para-hydroxylation sites is 1. The molecular formula is C23H27NO3. The Bertz CT molecular complexity index is 901. The number of carbonyl (C=O) groups excluding carboxylic acids is 1. The second kappa shape index (κ2) is 7.87. The van der Waals surface area contributed by atoms with Gasteiger partial charge in [0.1, 0.15) is 17.1 Å². The molecular weight excluding hydrogens is 338 g/mol. The number of fused-ring (bicyclic) bond motifs is 1. The maximum absolute atomic E-state index is 12.1. The van der Waals surface area contributed by atoms with Gasteiger partial charge in [-0.1, -0.05) is 56.7 Å². The summed E-state index contributed by atoms with van der Waals surface area (Å²) < 4.78 is 11.6. The van der Waals surface area contributed by atoms with Gasteiger partial charge in [-0.2, -0.15) is 0 Å². The van der Waals surface area contributed by atoms with Crippen molar-refractivity contribution in [1.82, 2.24) is 5.32 Å². The molecule has 1 amide bonds. The Hall–Kier alpha value is -2.75. The highest BCUT2D eigenvalue weighted by Crippen LogP contribution is 2.32. The zero-order valence-corrected chi connectivity index (χ0v) is 16.5. The van der Waals surface area contributed by atoms with E-state index in [0.717, 1.165) is 28.0 Å². The Labute approximate surface area is 160 Å². The first kappa shape index (κ1) is 19.0. The quantitative estimate of drug-likeness (QED) is 0.684. The van der Waals surface area contributed by atoms with E-state index in [0.29, 0.717) is 13.0 Å². The van der Waals surface area contributed by atoms with E-state index in [1.807, 2.05) is 42.5 Å². The zero-order valence-electron chi connectivity index (χ0n) is 16.5. The van der Waals surface area contributed by atoms with Crippen LogP contribution in [-0.2, 0) is 16.6 Å². The third-order valence-corrected chi connectivity index (χ3v) is 4.47. The van der Waals surface area contributed by atoms with Crippen molar-refractivity contribution in [3.05, 3.63) is 65.4 Å². The fourth-order valence-corrected chi connectivity index (χ4v) is 3.04. The minimum Gasteiger partial charge on any atom is -0.483 e. The Morgan fingerprint density at radius 3 is 2.63 bits per heavy atom. The molecule has 4 heteroatoms. The second-order valence-corrected chi connectivity index (χ2v) is 7.89. The number of benzene rings is 2. The SMILES string of the molecule is Cc1ccc(OCC(=O)NCCc2cc3ccccc3o2)c(C(C)(C)C)c1. The summed E-state index contributed by atoms with van der Waals surface area (Å²) in [6.45, 7) is 9.00. The van der Waals surface area contributed by atoms with Crippen molar-refractivity contribution in [3.63, 3.8) is 0 Å². The maximum atomic E-state index is 12.1. The first-order valence-corrected chi connectivity index (χ1v) is 9.31. The normalized spacial score (nSPS) is 11.6. The van der Waals surface area contributed by atoms with Gasteiger partial charge in [-0.05, 0) is 36.1 Å². The molecule has 27 heavy (non-hydrogen) atoms.